The van der Waals surface area contributed by atoms with Crippen LogP contribution >= 0.6 is 0 Å². The molecule has 2 aromatic rings. The Balaban J connectivity index is 1.93. The highest BCUT2D eigenvalue weighted by atomic mass is 16.5. The largest absolute Gasteiger partial charge is 0.493 e. The molecule has 1 aliphatic rings. The van der Waals surface area contributed by atoms with Crippen LogP contribution in [0.2, 0.25) is 0 Å². The summed E-state index contributed by atoms with van der Waals surface area (Å²) >= 11 is 0. The third-order valence-corrected chi connectivity index (χ3v) is 3.48. The summed E-state index contributed by atoms with van der Waals surface area (Å²) in [5.74, 6) is 2.26. The molecular formula is C14H17N3O2. The molecule has 0 fully saturated rings. The summed E-state index contributed by atoms with van der Waals surface area (Å²) in [7, 11) is 0. The van der Waals surface area contributed by atoms with Crippen molar-refractivity contribution in [1.29, 1.82) is 0 Å². The minimum absolute atomic E-state index is 0.131. The van der Waals surface area contributed by atoms with Gasteiger partial charge in [0.2, 0.25) is 5.89 Å². The lowest BCUT2D eigenvalue weighted by atomic mass is 9.92. The summed E-state index contributed by atoms with van der Waals surface area (Å²) in [4.78, 5) is 4.45. The SMILES string of the molecule is CCC(N)c1nc(C2CCOc3ccccc32)no1. The van der Waals surface area contributed by atoms with Crippen LogP contribution in [0.1, 0.15) is 49.0 Å². The third kappa shape index (κ3) is 2.21. The topological polar surface area (TPSA) is 74.2 Å². The molecule has 0 saturated heterocycles. The molecule has 2 N–H and O–H groups in total. The van der Waals surface area contributed by atoms with Crippen molar-refractivity contribution in [2.75, 3.05) is 6.61 Å². The van der Waals surface area contributed by atoms with Crippen molar-refractivity contribution >= 4 is 0 Å². The minimum atomic E-state index is -0.184. The minimum Gasteiger partial charge on any atom is -0.493 e. The van der Waals surface area contributed by atoms with Gasteiger partial charge in [0.15, 0.2) is 5.82 Å². The first-order valence-corrected chi connectivity index (χ1v) is 6.60. The van der Waals surface area contributed by atoms with E-state index in [-0.39, 0.29) is 12.0 Å². The highest BCUT2D eigenvalue weighted by Crippen LogP contribution is 2.36. The zero-order valence-electron chi connectivity index (χ0n) is 10.9. The van der Waals surface area contributed by atoms with E-state index in [0.29, 0.717) is 18.3 Å². The number of hydrogen-bond acceptors (Lipinski definition) is 5. The molecule has 1 aromatic heterocycles. The second kappa shape index (κ2) is 5.01. The van der Waals surface area contributed by atoms with Crippen molar-refractivity contribution in [3.05, 3.63) is 41.5 Å². The summed E-state index contributed by atoms with van der Waals surface area (Å²) in [6.07, 6.45) is 1.64. The van der Waals surface area contributed by atoms with E-state index in [1.54, 1.807) is 0 Å². The number of para-hydroxylation sites is 1. The van der Waals surface area contributed by atoms with Crippen LogP contribution in [0, 0.1) is 0 Å². The van der Waals surface area contributed by atoms with Gasteiger partial charge in [0, 0.05) is 5.56 Å². The van der Waals surface area contributed by atoms with Gasteiger partial charge in [-0.3, -0.25) is 0 Å². The smallest absolute Gasteiger partial charge is 0.243 e. The lowest BCUT2D eigenvalue weighted by molar-refractivity contribution is 0.271. The molecule has 3 rings (SSSR count). The van der Waals surface area contributed by atoms with E-state index < -0.39 is 0 Å². The second-order valence-electron chi connectivity index (χ2n) is 4.73. The van der Waals surface area contributed by atoms with Crippen LogP contribution in [-0.4, -0.2) is 16.7 Å². The molecule has 0 amide bonds. The van der Waals surface area contributed by atoms with E-state index in [9.17, 15) is 0 Å². The maximum atomic E-state index is 5.91. The van der Waals surface area contributed by atoms with Gasteiger partial charge in [0.05, 0.1) is 18.6 Å². The average molecular weight is 259 g/mol. The highest BCUT2D eigenvalue weighted by Gasteiger charge is 2.27. The molecule has 19 heavy (non-hydrogen) atoms. The van der Waals surface area contributed by atoms with E-state index >= 15 is 0 Å². The maximum Gasteiger partial charge on any atom is 0.243 e. The van der Waals surface area contributed by atoms with Crippen molar-refractivity contribution in [2.24, 2.45) is 5.73 Å². The van der Waals surface area contributed by atoms with Crippen LogP contribution in [0.25, 0.3) is 0 Å². The number of benzene rings is 1. The predicted octanol–water partition coefficient (Wildman–Crippen LogP) is 2.39. The zero-order chi connectivity index (χ0) is 13.2. The Morgan fingerprint density at radius 1 is 1.42 bits per heavy atom. The number of fused-ring (bicyclic) bond motifs is 1. The molecule has 2 heterocycles. The van der Waals surface area contributed by atoms with Gasteiger partial charge >= 0.3 is 0 Å². The number of rotatable bonds is 3. The molecule has 1 aliphatic heterocycles. The fourth-order valence-corrected chi connectivity index (χ4v) is 2.32. The van der Waals surface area contributed by atoms with Crippen molar-refractivity contribution in [3.8, 4) is 5.75 Å². The molecule has 100 valence electrons. The first kappa shape index (κ1) is 12.2. The Kier molecular flexibility index (Phi) is 3.21. The van der Waals surface area contributed by atoms with Gasteiger partial charge in [0.1, 0.15) is 5.75 Å². The molecule has 2 atom stereocenters. The standard InChI is InChI=1S/C14H17N3O2/c1-2-11(15)14-16-13(17-19-14)10-7-8-18-12-6-4-3-5-9(10)12/h3-6,10-11H,2,7-8,15H2,1H3. The van der Waals surface area contributed by atoms with Crippen LogP contribution in [0.3, 0.4) is 0 Å². The van der Waals surface area contributed by atoms with Gasteiger partial charge in [-0.2, -0.15) is 4.98 Å². The fourth-order valence-electron chi connectivity index (χ4n) is 2.32. The third-order valence-electron chi connectivity index (χ3n) is 3.48. The van der Waals surface area contributed by atoms with Gasteiger partial charge in [-0.05, 0) is 18.9 Å². The van der Waals surface area contributed by atoms with Crippen LogP contribution in [0.4, 0.5) is 0 Å². The molecule has 0 radical (unpaired) electrons. The zero-order valence-corrected chi connectivity index (χ0v) is 10.9. The van der Waals surface area contributed by atoms with Crippen molar-refractivity contribution in [2.45, 2.75) is 31.7 Å². The summed E-state index contributed by atoms with van der Waals surface area (Å²) in [5, 5.41) is 4.09. The first-order valence-electron chi connectivity index (χ1n) is 6.60. The molecule has 0 spiro atoms. The van der Waals surface area contributed by atoms with Crippen molar-refractivity contribution in [3.63, 3.8) is 0 Å². The van der Waals surface area contributed by atoms with E-state index in [1.165, 1.54) is 0 Å². The van der Waals surface area contributed by atoms with E-state index in [1.807, 2.05) is 25.1 Å². The van der Waals surface area contributed by atoms with Gasteiger partial charge in [0.25, 0.3) is 0 Å². The number of nitrogens with zero attached hydrogens (tertiary/aromatic N) is 2. The number of ether oxygens (including phenoxy) is 1. The van der Waals surface area contributed by atoms with Gasteiger partial charge in [-0.15, -0.1) is 0 Å². The molecule has 5 heteroatoms. The molecule has 0 aliphatic carbocycles. The van der Waals surface area contributed by atoms with Crippen LogP contribution in [0.5, 0.6) is 5.75 Å². The molecular weight excluding hydrogens is 242 g/mol. The Labute approximate surface area is 111 Å². The Morgan fingerprint density at radius 2 is 2.26 bits per heavy atom. The van der Waals surface area contributed by atoms with Gasteiger partial charge < -0.3 is 15.0 Å². The van der Waals surface area contributed by atoms with E-state index in [0.717, 1.165) is 24.2 Å². The summed E-state index contributed by atoms with van der Waals surface area (Å²) in [5.41, 5.74) is 7.03. The molecule has 0 saturated carbocycles. The Hall–Kier alpha value is -1.88. The van der Waals surface area contributed by atoms with Crippen molar-refractivity contribution < 1.29 is 9.26 Å². The highest BCUT2D eigenvalue weighted by molar-refractivity contribution is 5.40. The summed E-state index contributed by atoms with van der Waals surface area (Å²) in [6, 6.07) is 7.81. The Bertz CT molecular complexity index is 567. The van der Waals surface area contributed by atoms with Crippen LogP contribution < -0.4 is 10.5 Å². The quantitative estimate of drug-likeness (QED) is 0.916. The fraction of sp³-hybridized carbons (Fsp3) is 0.429. The average Bonchev–Trinajstić information content (AvgIpc) is 2.95. The normalized spacial score (nSPS) is 19.6. The number of aromatic nitrogens is 2. The summed E-state index contributed by atoms with van der Waals surface area (Å²) in [6.45, 7) is 2.67. The molecule has 1 aromatic carbocycles. The lowest BCUT2D eigenvalue weighted by Gasteiger charge is -2.23. The van der Waals surface area contributed by atoms with Gasteiger partial charge in [-0.1, -0.05) is 30.3 Å². The second-order valence-corrected chi connectivity index (χ2v) is 4.73. The van der Waals surface area contributed by atoms with E-state index in [2.05, 4.69) is 16.2 Å². The molecule has 5 nitrogen and oxygen atoms in total. The maximum absolute atomic E-state index is 5.91. The molecule has 2 unspecified atom stereocenters. The predicted molar refractivity (Wildman–Crippen MR) is 69.9 cm³/mol. The van der Waals surface area contributed by atoms with E-state index in [4.69, 9.17) is 15.0 Å². The Morgan fingerprint density at radius 3 is 3.11 bits per heavy atom. The lowest BCUT2D eigenvalue weighted by Crippen LogP contribution is -2.16. The van der Waals surface area contributed by atoms with Crippen LogP contribution in [0.15, 0.2) is 28.8 Å². The molecule has 0 bridgehead atoms. The number of nitrogens with two attached hydrogens (primary N) is 1. The summed E-state index contributed by atoms with van der Waals surface area (Å²) < 4.78 is 10.9. The van der Waals surface area contributed by atoms with Gasteiger partial charge in [-0.25, -0.2) is 0 Å². The van der Waals surface area contributed by atoms with Crippen LogP contribution in [-0.2, 0) is 0 Å². The first-order chi connectivity index (χ1) is 9.29. The monoisotopic (exact) mass is 259 g/mol. The van der Waals surface area contributed by atoms with Crippen molar-refractivity contribution in [1.82, 2.24) is 10.1 Å². The number of hydrogen-bond donors (Lipinski definition) is 1.